The quantitative estimate of drug-likeness (QED) is 0.186. The zero-order valence-electron chi connectivity index (χ0n) is 23.6. The van der Waals surface area contributed by atoms with Gasteiger partial charge < -0.3 is 0 Å². The number of benzene rings is 5. The number of hydrogen-bond acceptors (Lipinski definition) is 0. The third-order valence-electron chi connectivity index (χ3n) is 9.43. The fourth-order valence-electron chi connectivity index (χ4n) is 6.42. The smallest absolute Gasteiger partial charge is 0.102 e. The summed E-state index contributed by atoms with van der Waals surface area (Å²) in [5.74, 6) is 0. The van der Waals surface area contributed by atoms with Gasteiger partial charge in [0.25, 0.3) is 0 Å². The molecule has 0 heterocycles. The minimum absolute atomic E-state index is 1.34. The van der Waals surface area contributed by atoms with E-state index < -0.39 is 0 Å². The lowest BCUT2D eigenvalue weighted by Crippen LogP contribution is -2.55. The molecule has 0 saturated carbocycles. The van der Waals surface area contributed by atoms with Gasteiger partial charge in [0, 0.05) is 0 Å². The molecule has 0 radical (unpaired) electrons. The van der Waals surface area contributed by atoms with Crippen molar-refractivity contribution in [2.75, 3.05) is 0 Å². The highest BCUT2D eigenvalue weighted by Crippen LogP contribution is 2.41. The first-order valence-electron chi connectivity index (χ1n) is 13.2. The second-order valence-electron chi connectivity index (χ2n) is 10.8. The molecule has 0 aliphatic carbocycles. The van der Waals surface area contributed by atoms with Gasteiger partial charge in [0.15, 0.2) is 0 Å². The van der Waals surface area contributed by atoms with Gasteiger partial charge in [0.1, 0.15) is 78.5 Å². The van der Waals surface area contributed by atoms with Crippen LogP contribution in [0.3, 0.4) is 0 Å². The zero-order chi connectivity index (χ0) is 26.0. The Labute approximate surface area is 224 Å². The minimum Gasteiger partial charge on any atom is -0.102 e. The van der Waals surface area contributed by atoms with Crippen molar-refractivity contribution in [1.29, 1.82) is 0 Å². The number of fused-ring (bicyclic) bond motifs is 2. The Bertz CT molecular complexity index is 1500. The second-order valence-corrected chi connectivity index (χ2v) is 10.8. The average molecular weight is 449 g/mol. The van der Waals surface area contributed by atoms with Crippen LogP contribution in [-0.4, -0.2) is 78.5 Å². The first-order valence-corrected chi connectivity index (χ1v) is 13.2. The lowest BCUT2D eigenvalue weighted by atomic mass is 9.58. The van der Waals surface area contributed by atoms with E-state index in [1.807, 2.05) is 0 Å². The van der Waals surface area contributed by atoms with Crippen LogP contribution in [0.1, 0.15) is 0 Å². The molecule has 0 amide bonds. The van der Waals surface area contributed by atoms with Crippen molar-refractivity contribution in [3.8, 4) is 22.3 Å². The van der Waals surface area contributed by atoms with E-state index in [2.05, 4.69) is 127 Å². The van der Waals surface area contributed by atoms with E-state index in [0.29, 0.717) is 0 Å². The predicted molar refractivity (Wildman–Crippen MR) is 194 cm³/mol. The Balaban J connectivity index is 2.08. The minimum atomic E-state index is 1.34. The maximum Gasteiger partial charge on any atom is 0.139 e. The van der Waals surface area contributed by atoms with Crippen LogP contribution in [0.15, 0.2) is 48.5 Å². The molecule has 0 spiro atoms. The SMILES string of the molecule is Bc1c(B)c(B)c(-c2c3ccccc3c(-c3c(B)c(B)c(B)c(B)c3B)c3ccccc23)c(B)c1B. The molecule has 0 N–H and O–H groups in total. The summed E-state index contributed by atoms with van der Waals surface area (Å²) >= 11 is 0. The van der Waals surface area contributed by atoms with E-state index >= 15 is 0 Å². The number of hydrogen-bond donors (Lipinski definition) is 0. The summed E-state index contributed by atoms with van der Waals surface area (Å²) in [5, 5.41) is 5.37. The van der Waals surface area contributed by atoms with Crippen LogP contribution >= 0.6 is 0 Å². The molecule has 5 rings (SSSR count). The lowest BCUT2D eigenvalue weighted by Gasteiger charge is -2.26. The molecule has 0 unspecified atom stereocenters. The van der Waals surface area contributed by atoms with E-state index in [9.17, 15) is 0 Å². The van der Waals surface area contributed by atoms with Gasteiger partial charge in [-0.25, -0.2) is 0 Å². The molecule has 10 heteroatoms. The Morgan fingerprint density at radius 2 is 0.444 bits per heavy atom. The van der Waals surface area contributed by atoms with Crippen LogP contribution in [-0.2, 0) is 0 Å². The molecule has 36 heavy (non-hydrogen) atoms. The molecule has 0 fully saturated rings. The predicted octanol–water partition coefficient (Wildman–Crippen LogP) is -10.1. The molecule has 0 saturated heterocycles. The van der Waals surface area contributed by atoms with Crippen LogP contribution < -0.4 is 54.6 Å². The fourth-order valence-corrected chi connectivity index (χ4v) is 6.42. The highest BCUT2D eigenvalue weighted by molar-refractivity contribution is 6.70. The molecular weight excluding hydrogens is 420 g/mol. The van der Waals surface area contributed by atoms with Crippen LogP contribution in [0.5, 0.6) is 0 Å². The fraction of sp³-hybridized carbons (Fsp3) is 0. The van der Waals surface area contributed by atoms with E-state index in [4.69, 9.17) is 0 Å². The molecule has 5 aromatic carbocycles. The summed E-state index contributed by atoms with van der Waals surface area (Å²) in [4.78, 5) is 0. The Hall–Kier alpha value is -2.73. The van der Waals surface area contributed by atoms with E-state index in [1.165, 1.54) is 98.4 Å². The van der Waals surface area contributed by atoms with Crippen molar-refractivity contribution in [2.24, 2.45) is 0 Å². The zero-order valence-corrected chi connectivity index (χ0v) is 23.6. The normalized spacial score (nSPS) is 11.3. The summed E-state index contributed by atoms with van der Waals surface area (Å²) in [6.45, 7) is 0. The van der Waals surface area contributed by atoms with Gasteiger partial charge >= 0.3 is 0 Å². The van der Waals surface area contributed by atoms with Crippen molar-refractivity contribution in [3.63, 3.8) is 0 Å². The monoisotopic (exact) mass is 450 g/mol. The van der Waals surface area contributed by atoms with Gasteiger partial charge in [-0.2, -0.15) is 0 Å². The maximum absolute atomic E-state index is 2.34. The molecule has 0 aliphatic heterocycles. The summed E-state index contributed by atoms with van der Waals surface area (Å²) in [7, 11) is 22.9. The van der Waals surface area contributed by atoms with Crippen molar-refractivity contribution < 1.29 is 0 Å². The maximum atomic E-state index is 2.34. The van der Waals surface area contributed by atoms with Crippen LogP contribution in [0.25, 0.3) is 43.8 Å². The first kappa shape index (κ1) is 24.9. The third-order valence-corrected chi connectivity index (χ3v) is 9.43. The van der Waals surface area contributed by atoms with Gasteiger partial charge in [-0.15, -0.1) is 32.8 Å². The summed E-state index contributed by atoms with van der Waals surface area (Å²) in [6.07, 6.45) is 0. The van der Waals surface area contributed by atoms with Gasteiger partial charge in [-0.05, 0) is 43.8 Å². The summed E-state index contributed by atoms with van der Waals surface area (Å²) in [5.41, 5.74) is 19.6. The second kappa shape index (κ2) is 8.98. The van der Waals surface area contributed by atoms with Gasteiger partial charge in [0.05, 0.1) is 0 Å². The highest BCUT2D eigenvalue weighted by atomic mass is 14.2. The molecule has 0 atom stereocenters. The molecule has 5 aromatic rings. The molecule has 0 aliphatic rings. The number of rotatable bonds is 2. The van der Waals surface area contributed by atoms with Crippen molar-refractivity contribution in [3.05, 3.63) is 48.5 Å². The molecule has 0 bridgehead atoms. The van der Waals surface area contributed by atoms with Gasteiger partial charge in [-0.1, -0.05) is 70.4 Å². The van der Waals surface area contributed by atoms with Crippen molar-refractivity contribution in [1.82, 2.24) is 0 Å². The van der Waals surface area contributed by atoms with E-state index in [-0.39, 0.29) is 0 Å². The first-order chi connectivity index (χ1) is 17.1. The Kier molecular flexibility index (Phi) is 6.22. The van der Waals surface area contributed by atoms with Crippen LogP contribution in [0.2, 0.25) is 0 Å². The standard InChI is InChI=1S/C26H28B10/c27-17-15(18(28)22(32)25(35)21(17)31)13-9-5-1-2-6-10(9)14(12-8-4-3-7-11(12)13)16-19(29)23(33)26(36)24(34)20(16)30/h1-8H,27-36H2. The largest absolute Gasteiger partial charge is 0.139 e. The van der Waals surface area contributed by atoms with E-state index in [1.54, 1.807) is 0 Å². The average Bonchev–Trinajstić information content (AvgIpc) is 2.89. The Morgan fingerprint density at radius 3 is 0.667 bits per heavy atom. The van der Waals surface area contributed by atoms with Crippen LogP contribution in [0, 0.1) is 0 Å². The highest BCUT2D eigenvalue weighted by Gasteiger charge is 2.23. The van der Waals surface area contributed by atoms with Crippen molar-refractivity contribution >= 4 is 155 Å². The lowest BCUT2D eigenvalue weighted by molar-refractivity contribution is 1.74. The van der Waals surface area contributed by atoms with E-state index in [0.717, 1.165) is 0 Å². The topological polar surface area (TPSA) is 0 Å². The Morgan fingerprint density at radius 1 is 0.250 bits per heavy atom. The summed E-state index contributed by atoms with van der Waals surface area (Å²) in [6, 6.07) is 18.2. The third kappa shape index (κ3) is 3.44. The molecule has 162 valence electrons. The molecular formula is C26H28B10. The molecule has 0 aromatic heterocycles. The summed E-state index contributed by atoms with van der Waals surface area (Å²) < 4.78 is 0. The molecule has 0 nitrogen and oxygen atoms in total. The van der Waals surface area contributed by atoms with Gasteiger partial charge in [0.2, 0.25) is 0 Å². The van der Waals surface area contributed by atoms with Gasteiger partial charge in [-0.3, -0.25) is 0 Å². The van der Waals surface area contributed by atoms with Crippen molar-refractivity contribution in [2.45, 2.75) is 0 Å². The van der Waals surface area contributed by atoms with Crippen LogP contribution in [0.4, 0.5) is 0 Å².